The lowest BCUT2D eigenvalue weighted by Crippen LogP contribution is -2.37. The van der Waals surface area contributed by atoms with Crippen molar-refractivity contribution in [3.63, 3.8) is 0 Å². The van der Waals surface area contributed by atoms with Gasteiger partial charge in [0.1, 0.15) is 5.76 Å². The van der Waals surface area contributed by atoms with Crippen LogP contribution < -0.4 is 11.3 Å². The Bertz CT molecular complexity index is 642. The molecule has 2 bridgehead atoms. The van der Waals surface area contributed by atoms with E-state index in [4.69, 9.17) is 15.0 Å². The predicted molar refractivity (Wildman–Crippen MR) is 72.2 cm³/mol. The number of fused-ring (bicyclic) bond motifs is 3. The van der Waals surface area contributed by atoms with Gasteiger partial charge in [0.05, 0.1) is 18.2 Å². The summed E-state index contributed by atoms with van der Waals surface area (Å²) < 4.78 is 25.3. The van der Waals surface area contributed by atoms with E-state index in [1.54, 1.807) is 6.07 Å². The van der Waals surface area contributed by atoms with E-state index in [2.05, 4.69) is 5.43 Å². The van der Waals surface area contributed by atoms with Crippen molar-refractivity contribution in [1.29, 1.82) is 0 Å². The molecule has 4 atom stereocenters. The number of ether oxygens (including phenoxy) is 1. The van der Waals surface area contributed by atoms with Gasteiger partial charge in [-0.25, -0.2) is 9.82 Å². The number of hydrogen-bond acceptors (Lipinski definition) is 4. The first-order chi connectivity index (χ1) is 9.76. The fourth-order valence-corrected chi connectivity index (χ4v) is 3.65. The third-order valence-corrected chi connectivity index (χ3v) is 4.58. The van der Waals surface area contributed by atoms with E-state index in [0.717, 1.165) is 24.6 Å². The smallest absolute Gasteiger partial charge is 0.169 e. The zero-order valence-corrected chi connectivity index (χ0v) is 11.0. The molecule has 2 aliphatic heterocycles. The molecule has 1 aromatic carbocycles. The Kier molecular flexibility index (Phi) is 2.80. The average molecular weight is 276 g/mol. The van der Waals surface area contributed by atoms with Crippen LogP contribution in [0.5, 0.6) is 0 Å². The number of halogens is 1. The van der Waals surface area contributed by atoms with Crippen molar-refractivity contribution in [2.45, 2.75) is 37.5 Å². The molecule has 20 heavy (non-hydrogen) atoms. The number of nitrogens with one attached hydrogen (secondary N) is 1. The number of benzene rings is 1. The van der Waals surface area contributed by atoms with Crippen LogP contribution in [0.1, 0.15) is 31.1 Å². The Morgan fingerprint density at radius 3 is 2.90 bits per heavy atom. The molecule has 4 nitrogen and oxygen atoms in total. The maximum Gasteiger partial charge on any atom is 0.169 e. The van der Waals surface area contributed by atoms with Crippen molar-refractivity contribution >= 4 is 11.0 Å². The fraction of sp³-hybridized carbons (Fsp3) is 0.467. The van der Waals surface area contributed by atoms with Crippen molar-refractivity contribution in [3.05, 3.63) is 35.8 Å². The number of para-hydroxylation sites is 1. The first-order valence-corrected chi connectivity index (χ1v) is 7.06. The molecule has 0 spiro atoms. The molecule has 5 heteroatoms. The van der Waals surface area contributed by atoms with Crippen molar-refractivity contribution in [2.24, 2.45) is 11.8 Å². The van der Waals surface area contributed by atoms with Crippen LogP contribution in [-0.4, -0.2) is 12.2 Å². The van der Waals surface area contributed by atoms with Gasteiger partial charge in [0.25, 0.3) is 0 Å². The number of nitrogens with two attached hydrogens (primary N) is 1. The van der Waals surface area contributed by atoms with Crippen molar-refractivity contribution in [3.8, 4) is 0 Å². The van der Waals surface area contributed by atoms with E-state index in [1.165, 1.54) is 6.07 Å². The second kappa shape index (κ2) is 4.55. The molecular weight excluding hydrogens is 259 g/mol. The van der Waals surface area contributed by atoms with Crippen molar-refractivity contribution < 1.29 is 13.5 Å². The summed E-state index contributed by atoms with van der Waals surface area (Å²) in [5, 5.41) is 0.768. The van der Waals surface area contributed by atoms with Crippen molar-refractivity contribution in [1.82, 2.24) is 5.43 Å². The minimum atomic E-state index is -0.339. The third-order valence-electron chi connectivity index (χ3n) is 4.58. The van der Waals surface area contributed by atoms with E-state index >= 15 is 0 Å². The van der Waals surface area contributed by atoms with Gasteiger partial charge in [0, 0.05) is 11.3 Å². The molecule has 0 aliphatic carbocycles. The van der Waals surface area contributed by atoms with Gasteiger partial charge in [-0.05, 0) is 31.4 Å². The Labute approximate surface area is 116 Å². The van der Waals surface area contributed by atoms with Gasteiger partial charge in [-0.15, -0.1) is 0 Å². The first kappa shape index (κ1) is 12.3. The largest absolute Gasteiger partial charge is 0.456 e. The van der Waals surface area contributed by atoms with Crippen molar-refractivity contribution in [2.75, 3.05) is 0 Å². The standard InChI is InChI=1S/C15H17FN2O2/c16-11-3-1-2-8-6-13(20-15(8)11)14(18-17)10-7-9-4-5-12(10)19-9/h1-3,6,9-10,12,14,18H,4-5,7,17H2. The number of hydrazine groups is 1. The van der Waals surface area contributed by atoms with E-state index in [9.17, 15) is 4.39 Å². The van der Waals surface area contributed by atoms with Gasteiger partial charge in [-0.3, -0.25) is 5.84 Å². The zero-order chi connectivity index (χ0) is 13.7. The molecule has 2 aliphatic rings. The molecule has 2 aromatic rings. The SMILES string of the molecule is NNC(c1cc2cccc(F)c2o1)C1CC2CCC1O2. The summed E-state index contributed by atoms with van der Waals surface area (Å²) in [5.74, 6) is 6.36. The van der Waals surface area contributed by atoms with Gasteiger partial charge < -0.3 is 9.15 Å². The van der Waals surface area contributed by atoms with Gasteiger partial charge in [-0.1, -0.05) is 12.1 Å². The van der Waals surface area contributed by atoms with Gasteiger partial charge in [-0.2, -0.15) is 0 Å². The van der Waals surface area contributed by atoms with Gasteiger partial charge in [0.15, 0.2) is 11.4 Å². The predicted octanol–water partition coefficient (Wildman–Crippen LogP) is 2.64. The third kappa shape index (κ3) is 1.78. The summed E-state index contributed by atoms with van der Waals surface area (Å²) in [4.78, 5) is 0. The van der Waals surface area contributed by atoms with Crippen LogP contribution >= 0.6 is 0 Å². The molecule has 1 aromatic heterocycles. The van der Waals surface area contributed by atoms with E-state index in [1.807, 2.05) is 12.1 Å². The molecule has 2 saturated heterocycles. The molecule has 0 radical (unpaired) electrons. The van der Waals surface area contributed by atoms with Crippen LogP contribution in [0.2, 0.25) is 0 Å². The van der Waals surface area contributed by atoms with E-state index in [-0.39, 0.29) is 18.0 Å². The molecule has 0 saturated carbocycles. The Morgan fingerprint density at radius 2 is 2.25 bits per heavy atom. The lowest BCUT2D eigenvalue weighted by Gasteiger charge is -2.26. The molecular formula is C15H17FN2O2. The zero-order valence-electron chi connectivity index (χ0n) is 11.0. The fourth-order valence-electron chi connectivity index (χ4n) is 3.65. The molecule has 3 N–H and O–H groups in total. The maximum atomic E-state index is 13.7. The van der Waals surface area contributed by atoms with Crippen LogP contribution in [0.4, 0.5) is 4.39 Å². The Balaban J connectivity index is 1.71. The monoisotopic (exact) mass is 276 g/mol. The van der Waals surface area contributed by atoms with Gasteiger partial charge >= 0.3 is 0 Å². The number of rotatable bonds is 3. The molecule has 4 unspecified atom stereocenters. The molecule has 0 amide bonds. The van der Waals surface area contributed by atoms with Crippen LogP contribution in [0.15, 0.2) is 28.7 Å². The maximum absolute atomic E-state index is 13.7. The highest BCUT2D eigenvalue weighted by Gasteiger charge is 2.45. The highest BCUT2D eigenvalue weighted by atomic mass is 19.1. The average Bonchev–Trinajstić information content (AvgIpc) is 3.14. The highest BCUT2D eigenvalue weighted by Crippen LogP contribution is 2.45. The quantitative estimate of drug-likeness (QED) is 0.668. The first-order valence-electron chi connectivity index (χ1n) is 7.06. The summed E-state index contributed by atoms with van der Waals surface area (Å²) in [7, 11) is 0. The summed E-state index contributed by atoms with van der Waals surface area (Å²) in [6.45, 7) is 0. The lowest BCUT2D eigenvalue weighted by molar-refractivity contribution is 0.0838. The normalized spacial score (nSPS) is 30.2. The second-order valence-corrected chi connectivity index (χ2v) is 5.72. The minimum absolute atomic E-state index is 0.128. The molecule has 4 rings (SSSR count). The Hall–Kier alpha value is -1.43. The topological polar surface area (TPSA) is 60.4 Å². The van der Waals surface area contributed by atoms with E-state index < -0.39 is 0 Å². The number of hydrogen-bond donors (Lipinski definition) is 2. The second-order valence-electron chi connectivity index (χ2n) is 5.72. The summed E-state index contributed by atoms with van der Waals surface area (Å²) >= 11 is 0. The minimum Gasteiger partial charge on any atom is -0.456 e. The van der Waals surface area contributed by atoms with Crippen LogP contribution in [0.3, 0.4) is 0 Å². The molecule has 106 valence electrons. The van der Waals surface area contributed by atoms with Crippen LogP contribution in [0, 0.1) is 11.7 Å². The molecule has 2 fully saturated rings. The van der Waals surface area contributed by atoms with E-state index in [0.29, 0.717) is 23.4 Å². The molecule has 3 heterocycles. The summed E-state index contributed by atoms with van der Waals surface area (Å²) in [5.41, 5.74) is 3.13. The Morgan fingerprint density at radius 1 is 1.35 bits per heavy atom. The lowest BCUT2D eigenvalue weighted by atomic mass is 9.83. The van der Waals surface area contributed by atoms with Gasteiger partial charge in [0.2, 0.25) is 0 Å². The number of furan rings is 1. The van der Waals surface area contributed by atoms with Crippen LogP contribution in [-0.2, 0) is 4.74 Å². The summed E-state index contributed by atoms with van der Waals surface area (Å²) in [6, 6.07) is 6.67. The van der Waals surface area contributed by atoms with Crippen LogP contribution in [0.25, 0.3) is 11.0 Å². The summed E-state index contributed by atoms with van der Waals surface area (Å²) in [6.07, 6.45) is 3.77. The highest BCUT2D eigenvalue weighted by molar-refractivity contribution is 5.78.